The Morgan fingerprint density at radius 2 is 1.95 bits per heavy atom. The van der Waals surface area contributed by atoms with Gasteiger partial charge in [0.15, 0.2) is 5.16 Å². The predicted molar refractivity (Wildman–Crippen MR) is 80.1 cm³/mol. The second-order valence-corrected chi connectivity index (χ2v) is 5.34. The van der Waals surface area contributed by atoms with Crippen LogP contribution in [-0.4, -0.2) is 14.5 Å². The van der Waals surface area contributed by atoms with Gasteiger partial charge in [-0.15, -0.1) is 0 Å². The summed E-state index contributed by atoms with van der Waals surface area (Å²) in [5, 5.41) is 10.6. The number of hydrogen-bond donors (Lipinski definition) is 0. The average molecular weight is 294 g/mol. The fourth-order valence-corrected chi connectivity index (χ4v) is 2.76. The topological polar surface area (TPSA) is 71.6 Å². The molecule has 2 aromatic heterocycles. The maximum atomic E-state index is 12.3. The molecule has 6 heteroatoms. The summed E-state index contributed by atoms with van der Waals surface area (Å²) in [6.45, 7) is 0. The van der Waals surface area contributed by atoms with Crippen LogP contribution < -0.4 is 5.56 Å². The highest BCUT2D eigenvalue weighted by Gasteiger charge is 2.10. The molecule has 0 bridgehead atoms. The molecule has 0 aliphatic carbocycles. The van der Waals surface area contributed by atoms with Crippen LogP contribution >= 0.6 is 11.8 Å². The van der Waals surface area contributed by atoms with Crippen molar-refractivity contribution in [2.24, 2.45) is 7.05 Å². The van der Waals surface area contributed by atoms with Crippen molar-refractivity contribution in [3.8, 4) is 6.07 Å². The van der Waals surface area contributed by atoms with Gasteiger partial charge in [0.05, 0.1) is 10.9 Å². The Bertz CT molecular complexity index is 927. The van der Waals surface area contributed by atoms with E-state index < -0.39 is 0 Å². The van der Waals surface area contributed by atoms with E-state index in [1.54, 1.807) is 37.4 Å². The lowest BCUT2D eigenvalue weighted by atomic mass is 10.2. The Morgan fingerprint density at radius 3 is 2.76 bits per heavy atom. The van der Waals surface area contributed by atoms with E-state index in [2.05, 4.69) is 9.97 Å². The summed E-state index contributed by atoms with van der Waals surface area (Å²) in [6.07, 6.45) is 0. The molecule has 0 unspecified atom stereocenters. The van der Waals surface area contributed by atoms with E-state index in [1.165, 1.54) is 16.3 Å². The largest absolute Gasteiger partial charge is 0.290 e. The monoisotopic (exact) mass is 294 g/mol. The molecule has 5 nitrogen and oxygen atoms in total. The number of benzene rings is 1. The van der Waals surface area contributed by atoms with E-state index in [1.807, 2.05) is 18.2 Å². The van der Waals surface area contributed by atoms with Crippen molar-refractivity contribution in [2.45, 2.75) is 10.2 Å². The van der Waals surface area contributed by atoms with E-state index in [4.69, 9.17) is 5.26 Å². The Hall–Kier alpha value is -2.65. The summed E-state index contributed by atoms with van der Waals surface area (Å²) in [6, 6.07) is 14.4. The standard InChI is InChI=1S/C15H10N4OS/c1-19-14(20)11-6-2-3-7-12(11)18-15(19)21-13-8-4-5-10(9-16)17-13/h2-8H,1H3. The number of rotatable bonds is 2. The third-order valence-electron chi connectivity index (χ3n) is 2.98. The van der Waals surface area contributed by atoms with Crippen molar-refractivity contribution < 1.29 is 0 Å². The quantitative estimate of drug-likeness (QED) is 0.678. The SMILES string of the molecule is Cn1c(Sc2cccc(C#N)n2)nc2ccccc2c1=O. The van der Waals surface area contributed by atoms with Crippen molar-refractivity contribution in [2.75, 3.05) is 0 Å². The number of nitriles is 1. The summed E-state index contributed by atoms with van der Waals surface area (Å²) in [5.74, 6) is 0. The van der Waals surface area contributed by atoms with Crippen LogP contribution in [0.3, 0.4) is 0 Å². The fourth-order valence-electron chi connectivity index (χ4n) is 1.92. The molecule has 0 amide bonds. The molecule has 3 rings (SSSR count). The molecule has 21 heavy (non-hydrogen) atoms. The first kappa shape index (κ1) is 13.3. The lowest BCUT2D eigenvalue weighted by Crippen LogP contribution is -2.19. The maximum absolute atomic E-state index is 12.3. The van der Waals surface area contributed by atoms with E-state index in [0.29, 0.717) is 26.8 Å². The normalized spacial score (nSPS) is 10.5. The number of nitrogens with zero attached hydrogens (tertiary/aromatic N) is 4. The minimum absolute atomic E-state index is 0.0977. The van der Waals surface area contributed by atoms with Gasteiger partial charge < -0.3 is 0 Å². The van der Waals surface area contributed by atoms with Gasteiger partial charge >= 0.3 is 0 Å². The summed E-state index contributed by atoms with van der Waals surface area (Å²) in [7, 11) is 1.68. The first-order valence-corrected chi connectivity index (χ1v) is 7.01. The molecule has 0 atom stereocenters. The minimum Gasteiger partial charge on any atom is -0.290 e. The lowest BCUT2D eigenvalue weighted by molar-refractivity contribution is 0.725. The molecule has 0 radical (unpaired) electrons. The Morgan fingerprint density at radius 1 is 1.14 bits per heavy atom. The molecule has 2 heterocycles. The molecule has 1 aromatic carbocycles. The van der Waals surface area contributed by atoms with Gasteiger partial charge in [-0.05, 0) is 36.0 Å². The third-order valence-corrected chi connectivity index (χ3v) is 3.96. The zero-order valence-electron chi connectivity index (χ0n) is 11.1. The molecule has 0 saturated heterocycles. The summed E-state index contributed by atoms with van der Waals surface area (Å²) in [5.41, 5.74) is 0.893. The second kappa shape index (κ2) is 5.38. The predicted octanol–water partition coefficient (Wildman–Crippen LogP) is 2.35. The van der Waals surface area contributed by atoms with Gasteiger partial charge in [-0.3, -0.25) is 9.36 Å². The molecular weight excluding hydrogens is 284 g/mol. The second-order valence-electron chi connectivity index (χ2n) is 4.35. The molecule has 0 aliphatic heterocycles. The molecule has 102 valence electrons. The number of aromatic nitrogens is 3. The highest BCUT2D eigenvalue weighted by molar-refractivity contribution is 7.99. The average Bonchev–Trinajstić information content (AvgIpc) is 2.52. The third kappa shape index (κ3) is 2.51. The van der Waals surface area contributed by atoms with Gasteiger partial charge in [0, 0.05) is 7.05 Å². The maximum Gasteiger partial charge on any atom is 0.261 e. The van der Waals surface area contributed by atoms with Crippen LogP contribution in [0.1, 0.15) is 5.69 Å². The van der Waals surface area contributed by atoms with Gasteiger partial charge in [0.25, 0.3) is 5.56 Å². The van der Waals surface area contributed by atoms with E-state index in [0.717, 1.165) is 0 Å². The van der Waals surface area contributed by atoms with Gasteiger partial charge in [-0.1, -0.05) is 18.2 Å². The van der Waals surface area contributed by atoms with Gasteiger partial charge in [-0.25, -0.2) is 9.97 Å². The van der Waals surface area contributed by atoms with Crippen molar-refractivity contribution in [1.82, 2.24) is 14.5 Å². The first-order valence-electron chi connectivity index (χ1n) is 6.20. The molecule has 0 spiro atoms. The molecule has 3 aromatic rings. The van der Waals surface area contributed by atoms with Crippen LogP contribution in [0.5, 0.6) is 0 Å². The van der Waals surface area contributed by atoms with Crippen molar-refractivity contribution in [3.05, 3.63) is 58.5 Å². The fraction of sp³-hybridized carbons (Fsp3) is 0.0667. The van der Waals surface area contributed by atoms with E-state index in [9.17, 15) is 4.79 Å². The van der Waals surface area contributed by atoms with Crippen LogP contribution in [-0.2, 0) is 7.05 Å². The Kier molecular flexibility index (Phi) is 3.42. The van der Waals surface area contributed by atoms with Crippen molar-refractivity contribution in [1.29, 1.82) is 5.26 Å². The molecular formula is C15H10N4OS. The number of pyridine rings is 1. The highest BCUT2D eigenvalue weighted by atomic mass is 32.2. The highest BCUT2D eigenvalue weighted by Crippen LogP contribution is 2.24. The summed E-state index contributed by atoms with van der Waals surface area (Å²) in [4.78, 5) is 21.0. The first-order chi connectivity index (χ1) is 10.2. The summed E-state index contributed by atoms with van der Waals surface area (Å²) >= 11 is 1.26. The zero-order chi connectivity index (χ0) is 14.8. The lowest BCUT2D eigenvalue weighted by Gasteiger charge is -2.08. The molecule has 0 fully saturated rings. The molecule has 0 N–H and O–H groups in total. The van der Waals surface area contributed by atoms with Crippen LogP contribution in [0.25, 0.3) is 10.9 Å². The number of para-hydroxylation sites is 1. The smallest absolute Gasteiger partial charge is 0.261 e. The van der Waals surface area contributed by atoms with E-state index >= 15 is 0 Å². The van der Waals surface area contributed by atoms with Crippen LogP contribution in [0.15, 0.2) is 57.4 Å². The van der Waals surface area contributed by atoms with Crippen LogP contribution in [0.2, 0.25) is 0 Å². The van der Waals surface area contributed by atoms with Gasteiger partial charge in [0.2, 0.25) is 0 Å². The summed E-state index contributed by atoms with van der Waals surface area (Å²) < 4.78 is 1.49. The number of fused-ring (bicyclic) bond motifs is 1. The minimum atomic E-state index is -0.0977. The molecule has 0 saturated carbocycles. The van der Waals surface area contributed by atoms with Crippen molar-refractivity contribution >= 4 is 22.7 Å². The van der Waals surface area contributed by atoms with E-state index in [-0.39, 0.29) is 5.56 Å². The van der Waals surface area contributed by atoms with Crippen molar-refractivity contribution in [3.63, 3.8) is 0 Å². The Labute approximate surface area is 124 Å². The Balaban J connectivity index is 2.10. The zero-order valence-corrected chi connectivity index (χ0v) is 12.0. The number of hydrogen-bond acceptors (Lipinski definition) is 5. The molecule has 0 aliphatic rings. The van der Waals surface area contributed by atoms with Crippen LogP contribution in [0, 0.1) is 11.3 Å². The van der Waals surface area contributed by atoms with Gasteiger partial charge in [-0.2, -0.15) is 5.26 Å². The van der Waals surface area contributed by atoms with Gasteiger partial charge in [0.1, 0.15) is 16.8 Å². The van der Waals surface area contributed by atoms with Crippen LogP contribution in [0.4, 0.5) is 0 Å².